The number of aliphatic hydroxyl groups excluding tert-OH is 2. The first-order valence-corrected chi connectivity index (χ1v) is 20.5. The van der Waals surface area contributed by atoms with Crippen LogP contribution in [0.4, 0.5) is 0 Å². The van der Waals surface area contributed by atoms with Gasteiger partial charge in [-0.05, 0) is 62.1 Å². The highest BCUT2D eigenvalue weighted by Gasteiger charge is 2.31. The third-order valence-electron chi connectivity index (χ3n) is 9.28. The summed E-state index contributed by atoms with van der Waals surface area (Å²) in [5.41, 5.74) is 1.30. The molecule has 0 bridgehead atoms. The number of rotatable bonds is 35. The third kappa shape index (κ3) is 25.9. The molecule has 298 valence electrons. The summed E-state index contributed by atoms with van der Waals surface area (Å²) in [6.45, 7) is 4.21. The van der Waals surface area contributed by atoms with Gasteiger partial charge in [0.2, 0.25) is 0 Å². The lowest BCUT2D eigenvalue weighted by Gasteiger charge is -2.23. The molecule has 0 radical (unpaired) electrons. The first kappa shape index (κ1) is 47.1. The molecule has 0 heterocycles. The highest BCUT2D eigenvalue weighted by molar-refractivity contribution is 5.80. The van der Waals surface area contributed by atoms with Crippen LogP contribution >= 0.6 is 0 Å². The summed E-state index contributed by atoms with van der Waals surface area (Å²) in [6.07, 6.45) is 26.3. The van der Waals surface area contributed by atoms with Crippen LogP contribution in [0.3, 0.4) is 0 Å². The van der Waals surface area contributed by atoms with E-state index in [1.165, 1.54) is 69.8 Å². The van der Waals surface area contributed by atoms with Crippen molar-refractivity contribution in [3.05, 3.63) is 42.0 Å². The number of carbonyl (C=O) groups is 3. The molecule has 1 aromatic carbocycles. The molecule has 0 saturated heterocycles. The molecule has 0 aliphatic rings. The van der Waals surface area contributed by atoms with Gasteiger partial charge in [-0.3, -0.25) is 14.4 Å². The van der Waals surface area contributed by atoms with E-state index < -0.39 is 17.9 Å². The zero-order chi connectivity index (χ0) is 37.9. The number of allylic oxidation sites excluding steroid dienone is 2. The number of carbonyl (C=O) groups excluding carboxylic acids is 3. The van der Waals surface area contributed by atoms with Crippen LogP contribution in [0, 0.1) is 11.8 Å². The number of hydrogen-bond donors (Lipinski definition) is 2. The molecule has 0 aliphatic heterocycles. The molecule has 2 unspecified atom stereocenters. The Bertz CT molecular complexity index is 1040. The fraction of sp³-hybridized carbons (Fsp3) is 0.744. The lowest BCUT2D eigenvalue weighted by molar-refractivity contribution is -0.157. The summed E-state index contributed by atoms with van der Waals surface area (Å²) in [7, 11) is 0. The van der Waals surface area contributed by atoms with E-state index in [1.54, 1.807) is 0 Å². The summed E-state index contributed by atoms with van der Waals surface area (Å²) >= 11 is 0. The van der Waals surface area contributed by atoms with Gasteiger partial charge in [0, 0.05) is 6.42 Å². The summed E-state index contributed by atoms with van der Waals surface area (Å²) in [6, 6.07) is 8.13. The predicted octanol–water partition coefficient (Wildman–Crippen LogP) is 9.24. The summed E-state index contributed by atoms with van der Waals surface area (Å²) in [4.78, 5) is 37.8. The SMILES string of the molecule is CCCCCCCCCc1ccc(OCCOC(=O)C(CC(=O)OCCO)C(C=CCCCCCCC(=O)OCCO)CCCCCCCC)cc1. The Kier molecular flexibility index (Phi) is 30.7. The summed E-state index contributed by atoms with van der Waals surface area (Å²) < 4.78 is 21.7. The second-order valence-electron chi connectivity index (χ2n) is 13.8. The highest BCUT2D eigenvalue weighted by atomic mass is 16.6. The van der Waals surface area contributed by atoms with Gasteiger partial charge in [0.15, 0.2) is 0 Å². The molecule has 0 aromatic heterocycles. The van der Waals surface area contributed by atoms with Gasteiger partial charge >= 0.3 is 17.9 Å². The summed E-state index contributed by atoms with van der Waals surface area (Å²) in [5.74, 6) is -1.41. The third-order valence-corrected chi connectivity index (χ3v) is 9.28. The number of aliphatic hydroxyl groups is 2. The van der Waals surface area contributed by atoms with Crippen LogP contribution in [0.5, 0.6) is 5.75 Å². The number of unbranched alkanes of at least 4 members (excludes halogenated alkanes) is 15. The van der Waals surface area contributed by atoms with Crippen molar-refractivity contribution in [2.75, 3.05) is 39.6 Å². The topological polar surface area (TPSA) is 129 Å². The Morgan fingerprint density at radius 1 is 0.635 bits per heavy atom. The smallest absolute Gasteiger partial charge is 0.310 e. The predicted molar refractivity (Wildman–Crippen MR) is 207 cm³/mol. The summed E-state index contributed by atoms with van der Waals surface area (Å²) in [5, 5.41) is 17.9. The Labute approximate surface area is 315 Å². The molecule has 0 amide bonds. The van der Waals surface area contributed by atoms with Gasteiger partial charge in [0.05, 0.1) is 25.6 Å². The van der Waals surface area contributed by atoms with Crippen LogP contribution in [0.15, 0.2) is 36.4 Å². The lowest BCUT2D eigenvalue weighted by atomic mass is 9.84. The zero-order valence-corrected chi connectivity index (χ0v) is 32.7. The quantitative estimate of drug-likeness (QED) is 0.0304. The van der Waals surface area contributed by atoms with Crippen LogP contribution in [0.2, 0.25) is 0 Å². The monoisotopic (exact) mass is 733 g/mol. The Morgan fingerprint density at radius 3 is 1.87 bits per heavy atom. The van der Waals surface area contributed by atoms with Gasteiger partial charge in [-0.1, -0.05) is 128 Å². The van der Waals surface area contributed by atoms with E-state index in [9.17, 15) is 14.4 Å². The second kappa shape index (κ2) is 33.9. The lowest BCUT2D eigenvalue weighted by Crippen LogP contribution is -2.29. The van der Waals surface area contributed by atoms with Crippen molar-refractivity contribution in [3.63, 3.8) is 0 Å². The van der Waals surface area contributed by atoms with Crippen molar-refractivity contribution in [2.45, 2.75) is 155 Å². The molecule has 9 nitrogen and oxygen atoms in total. The normalized spacial score (nSPS) is 12.5. The molecular weight excluding hydrogens is 660 g/mol. The molecule has 1 aromatic rings. The van der Waals surface area contributed by atoms with Gasteiger partial charge in [-0.25, -0.2) is 0 Å². The number of aryl methyl sites for hydroxylation is 1. The molecule has 52 heavy (non-hydrogen) atoms. The van der Waals surface area contributed by atoms with Gasteiger partial charge < -0.3 is 29.2 Å². The standard InChI is InChI=1S/C43H72O9/c1-3-5-7-9-11-14-18-22-37-26-28-39(29-27-37)49-34-35-52-43(48)40(36-42(47)51-33-31-45)38(23-19-15-10-8-6-4-2)24-20-16-12-13-17-21-25-41(46)50-32-30-44/h20,24,26-29,38,40,44-45H,3-19,21-23,25,30-36H2,1-2H3. The van der Waals surface area contributed by atoms with Crippen molar-refractivity contribution in [1.29, 1.82) is 0 Å². The first-order chi connectivity index (χ1) is 25.4. The van der Waals surface area contributed by atoms with Crippen LogP contribution in [-0.4, -0.2) is 67.8 Å². The average molecular weight is 733 g/mol. The van der Waals surface area contributed by atoms with Gasteiger partial charge in [-0.2, -0.15) is 0 Å². The van der Waals surface area contributed by atoms with E-state index in [1.807, 2.05) is 12.1 Å². The molecule has 1 rings (SSSR count). The maximum atomic E-state index is 13.5. The van der Waals surface area contributed by atoms with E-state index >= 15 is 0 Å². The first-order valence-electron chi connectivity index (χ1n) is 20.5. The minimum atomic E-state index is -0.700. The second-order valence-corrected chi connectivity index (χ2v) is 13.8. The number of esters is 3. The van der Waals surface area contributed by atoms with Gasteiger partial charge in [-0.15, -0.1) is 0 Å². The number of hydrogen-bond acceptors (Lipinski definition) is 9. The van der Waals surface area contributed by atoms with Crippen molar-refractivity contribution in [1.82, 2.24) is 0 Å². The van der Waals surface area contributed by atoms with Crippen LogP contribution < -0.4 is 4.74 Å². The van der Waals surface area contributed by atoms with Crippen molar-refractivity contribution >= 4 is 17.9 Å². The maximum absolute atomic E-state index is 13.5. The number of ether oxygens (including phenoxy) is 4. The minimum Gasteiger partial charge on any atom is -0.490 e. The van der Waals surface area contributed by atoms with Gasteiger partial charge in [0.1, 0.15) is 32.2 Å². The van der Waals surface area contributed by atoms with Crippen molar-refractivity contribution in [2.24, 2.45) is 11.8 Å². The average Bonchev–Trinajstić information content (AvgIpc) is 3.15. The minimum absolute atomic E-state index is 0.0405. The molecule has 0 fully saturated rings. The van der Waals surface area contributed by atoms with Crippen molar-refractivity contribution < 1.29 is 43.5 Å². The van der Waals surface area contributed by atoms with E-state index in [-0.39, 0.29) is 57.9 Å². The molecule has 2 N–H and O–H groups in total. The number of benzene rings is 1. The molecule has 0 aliphatic carbocycles. The van der Waals surface area contributed by atoms with Crippen LogP contribution in [0.25, 0.3) is 0 Å². The Morgan fingerprint density at radius 2 is 1.21 bits per heavy atom. The zero-order valence-electron chi connectivity index (χ0n) is 32.7. The van der Waals surface area contributed by atoms with E-state index in [2.05, 4.69) is 38.1 Å². The van der Waals surface area contributed by atoms with Crippen LogP contribution in [0.1, 0.15) is 154 Å². The molecular formula is C43H72O9. The highest BCUT2D eigenvalue weighted by Crippen LogP contribution is 2.27. The van der Waals surface area contributed by atoms with E-state index in [4.69, 9.17) is 29.2 Å². The fourth-order valence-electron chi connectivity index (χ4n) is 6.23. The Balaban J connectivity index is 2.71. The molecule has 0 spiro atoms. The Hall–Kier alpha value is -2.91. The maximum Gasteiger partial charge on any atom is 0.310 e. The van der Waals surface area contributed by atoms with E-state index in [0.29, 0.717) is 6.42 Å². The fourth-order valence-corrected chi connectivity index (χ4v) is 6.23. The van der Waals surface area contributed by atoms with E-state index in [0.717, 1.165) is 70.0 Å². The molecule has 2 atom stereocenters. The largest absolute Gasteiger partial charge is 0.490 e. The molecule has 9 heteroatoms. The van der Waals surface area contributed by atoms with Crippen molar-refractivity contribution in [3.8, 4) is 5.75 Å². The molecule has 0 saturated carbocycles. The van der Waals surface area contributed by atoms with Gasteiger partial charge in [0.25, 0.3) is 0 Å². The van der Waals surface area contributed by atoms with Crippen LogP contribution in [-0.2, 0) is 35.0 Å².